The maximum absolute atomic E-state index is 12.3. The maximum Gasteiger partial charge on any atom is 0.410 e. The van der Waals surface area contributed by atoms with E-state index in [0.717, 1.165) is 49.2 Å². The summed E-state index contributed by atoms with van der Waals surface area (Å²) in [6, 6.07) is 13.3. The molecule has 34 heavy (non-hydrogen) atoms. The fraction of sp³-hybridized carbons (Fsp3) is 0.348. The van der Waals surface area contributed by atoms with Crippen LogP contribution in [0.1, 0.15) is 17.1 Å². The van der Waals surface area contributed by atoms with E-state index >= 15 is 0 Å². The third kappa shape index (κ3) is 3.23. The van der Waals surface area contributed by atoms with Crippen LogP contribution in [-0.2, 0) is 17.8 Å². The van der Waals surface area contributed by atoms with Crippen LogP contribution in [-0.4, -0.2) is 64.0 Å². The van der Waals surface area contributed by atoms with Gasteiger partial charge in [0.2, 0.25) is 5.95 Å². The summed E-state index contributed by atoms with van der Waals surface area (Å²) in [4.78, 5) is 22.8. The molecule has 0 aliphatic carbocycles. The van der Waals surface area contributed by atoms with Crippen molar-refractivity contribution in [1.29, 1.82) is 5.26 Å². The minimum absolute atomic E-state index is 0.169. The lowest BCUT2D eigenvalue weighted by atomic mass is 9.73. The fourth-order valence-electron chi connectivity index (χ4n) is 5.14. The number of ether oxygens (including phenoxy) is 1. The second kappa shape index (κ2) is 7.60. The van der Waals surface area contributed by atoms with Crippen molar-refractivity contribution >= 4 is 29.5 Å². The molecule has 2 saturated heterocycles. The van der Waals surface area contributed by atoms with Gasteiger partial charge < -0.3 is 14.5 Å². The van der Waals surface area contributed by atoms with Crippen molar-refractivity contribution in [2.45, 2.75) is 13.1 Å². The van der Waals surface area contributed by atoms with Gasteiger partial charge in [-0.15, -0.1) is 10.2 Å². The first-order valence-electron chi connectivity index (χ1n) is 10.9. The Labute approximate surface area is 200 Å². The zero-order chi connectivity index (χ0) is 23.4. The molecule has 0 N–H and O–H groups in total. The molecule has 0 saturated carbocycles. The summed E-state index contributed by atoms with van der Waals surface area (Å²) in [7, 11) is 1.37. The van der Waals surface area contributed by atoms with Gasteiger partial charge >= 0.3 is 6.09 Å². The molecule has 0 atom stereocenters. The Morgan fingerprint density at radius 2 is 1.91 bits per heavy atom. The van der Waals surface area contributed by atoms with Crippen LogP contribution in [0.3, 0.4) is 0 Å². The van der Waals surface area contributed by atoms with E-state index < -0.39 is 6.09 Å². The predicted molar refractivity (Wildman–Crippen MR) is 124 cm³/mol. The highest BCUT2D eigenvalue weighted by atomic mass is 35.5. The van der Waals surface area contributed by atoms with Crippen LogP contribution in [0.4, 0.5) is 16.6 Å². The number of benzene rings is 1. The van der Waals surface area contributed by atoms with Crippen molar-refractivity contribution in [1.82, 2.24) is 24.6 Å². The first kappa shape index (κ1) is 20.7. The largest absolute Gasteiger partial charge is 0.453 e. The quantitative estimate of drug-likeness (QED) is 0.556. The van der Waals surface area contributed by atoms with E-state index in [1.54, 1.807) is 11.0 Å². The van der Waals surface area contributed by atoms with Gasteiger partial charge in [-0.3, -0.25) is 9.47 Å². The average molecular weight is 477 g/mol. The molecular weight excluding hydrogens is 456 g/mol. The van der Waals surface area contributed by atoms with Crippen molar-refractivity contribution in [2.24, 2.45) is 5.41 Å². The summed E-state index contributed by atoms with van der Waals surface area (Å²) in [5.41, 5.74) is 2.42. The van der Waals surface area contributed by atoms with Crippen LogP contribution >= 0.6 is 11.6 Å². The van der Waals surface area contributed by atoms with Crippen LogP contribution in [0.25, 0.3) is 5.69 Å². The molecule has 3 aliphatic rings. The first-order valence-corrected chi connectivity index (χ1v) is 11.3. The van der Waals surface area contributed by atoms with Crippen molar-refractivity contribution in [3.63, 3.8) is 0 Å². The van der Waals surface area contributed by atoms with Crippen molar-refractivity contribution < 1.29 is 9.53 Å². The van der Waals surface area contributed by atoms with E-state index in [2.05, 4.69) is 31.1 Å². The van der Waals surface area contributed by atoms with Crippen molar-refractivity contribution in [2.75, 3.05) is 43.1 Å². The summed E-state index contributed by atoms with van der Waals surface area (Å²) in [6.07, 6.45) is -0.421. The predicted octanol–water partition coefficient (Wildman–Crippen LogP) is 2.60. The standard InChI is InChI=1S/C23H21ClN8O2/c1-34-22(33)29-9-15-7-16(24)5-6-18(15)32-20(10-29)27-28-21(32)31-13-23(14-31)11-30(12-23)19-4-2-3-17(8-25)26-19/h2-7H,9-14H2,1H3. The minimum atomic E-state index is -0.421. The third-order valence-corrected chi connectivity index (χ3v) is 6.92. The molecule has 10 nitrogen and oxygen atoms in total. The van der Waals surface area contributed by atoms with E-state index in [9.17, 15) is 4.79 Å². The molecule has 3 aliphatic heterocycles. The highest BCUT2D eigenvalue weighted by Gasteiger charge is 2.53. The van der Waals surface area contributed by atoms with Crippen LogP contribution < -0.4 is 9.80 Å². The van der Waals surface area contributed by atoms with Gasteiger partial charge in [0.25, 0.3) is 0 Å². The molecule has 1 amide bonds. The molecule has 2 fully saturated rings. The number of halogens is 1. The Morgan fingerprint density at radius 1 is 1.12 bits per heavy atom. The Balaban J connectivity index is 1.24. The van der Waals surface area contributed by atoms with Gasteiger partial charge in [-0.05, 0) is 35.9 Å². The second-order valence-electron chi connectivity index (χ2n) is 9.06. The number of rotatable bonds is 2. The highest BCUT2D eigenvalue weighted by molar-refractivity contribution is 6.30. The van der Waals surface area contributed by atoms with Gasteiger partial charge in [0.15, 0.2) is 5.82 Å². The third-order valence-electron chi connectivity index (χ3n) is 6.68. The normalized spacial score (nSPS) is 17.7. The zero-order valence-electron chi connectivity index (χ0n) is 18.5. The van der Waals surface area contributed by atoms with Gasteiger partial charge in [-0.25, -0.2) is 9.78 Å². The highest BCUT2D eigenvalue weighted by Crippen LogP contribution is 2.44. The molecule has 5 heterocycles. The molecule has 11 heteroatoms. The zero-order valence-corrected chi connectivity index (χ0v) is 19.2. The van der Waals surface area contributed by atoms with Crippen LogP contribution in [0, 0.1) is 16.7 Å². The van der Waals surface area contributed by atoms with Crippen LogP contribution in [0.2, 0.25) is 5.02 Å². The number of anilines is 2. The van der Waals surface area contributed by atoms with Crippen LogP contribution in [0.5, 0.6) is 0 Å². The molecule has 2 aromatic heterocycles. The maximum atomic E-state index is 12.3. The summed E-state index contributed by atoms with van der Waals surface area (Å²) < 4.78 is 6.98. The first-order chi connectivity index (χ1) is 16.5. The molecule has 0 bridgehead atoms. The Morgan fingerprint density at radius 3 is 2.68 bits per heavy atom. The number of amides is 1. The fourth-order valence-corrected chi connectivity index (χ4v) is 5.34. The van der Waals surface area contributed by atoms with E-state index in [4.69, 9.17) is 21.6 Å². The number of nitriles is 1. The Hall–Kier alpha value is -3.84. The van der Waals surface area contributed by atoms with Gasteiger partial charge in [0.1, 0.15) is 17.6 Å². The lowest BCUT2D eigenvalue weighted by Gasteiger charge is -2.60. The Bertz CT molecular complexity index is 1330. The number of nitrogens with zero attached hydrogens (tertiary/aromatic N) is 8. The van der Waals surface area contributed by atoms with E-state index in [1.807, 2.05) is 34.9 Å². The molecule has 0 radical (unpaired) electrons. The number of pyridine rings is 1. The average Bonchev–Trinajstić information content (AvgIpc) is 3.11. The molecule has 1 aromatic carbocycles. The molecule has 0 unspecified atom stereocenters. The Kier molecular flexibility index (Phi) is 4.64. The van der Waals surface area contributed by atoms with Gasteiger partial charge in [0, 0.05) is 36.6 Å². The number of carbonyl (C=O) groups excluding carboxylic acids is 1. The molecule has 6 rings (SSSR count). The van der Waals surface area contributed by atoms with E-state index in [1.165, 1.54) is 7.11 Å². The smallest absolute Gasteiger partial charge is 0.410 e. The van der Waals surface area contributed by atoms with Gasteiger partial charge in [-0.2, -0.15) is 5.26 Å². The molecule has 172 valence electrons. The number of fused-ring (bicyclic) bond motifs is 3. The van der Waals surface area contributed by atoms with Crippen LogP contribution in [0.15, 0.2) is 36.4 Å². The minimum Gasteiger partial charge on any atom is -0.453 e. The number of hydrogen-bond donors (Lipinski definition) is 0. The lowest BCUT2D eigenvalue weighted by Crippen LogP contribution is -2.73. The second-order valence-corrected chi connectivity index (χ2v) is 9.49. The summed E-state index contributed by atoms with van der Waals surface area (Å²) in [5, 5.41) is 18.6. The SMILES string of the molecule is COC(=O)N1Cc2cc(Cl)ccc2-n2c(nnc2N2CC3(CN(c4cccc(C#N)n4)C3)C2)C1. The van der Waals surface area contributed by atoms with Crippen molar-refractivity contribution in [3.8, 4) is 11.8 Å². The summed E-state index contributed by atoms with van der Waals surface area (Å²) in [5.74, 6) is 2.28. The number of hydrogen-bond acceptors (Lipinski definition) is 8. The number of methoxy groups -OCH3 is 1. The summed E-state index contributed by atoms with van der Waals surface area (Å²) in [6.45, 7) is 4.13. The van der Waals surface area contributed by atoms with E-state index in [0.29, 0.717) is 29.6 Å². The van der Waals surface area contributed by atoms with Gasteiger partial charge in [-0.1, -0.05) is 17.7 Å². The summed E-state index contributed by atoms with van der Waals surface area (Å²) >= 11 is 6.27. The molecule has 1 spiro atoms. The van der Waals surface area contributed by atoms with E-state index in [-0.39, 0.29) is 5.41 Å². The van der Waals surface area contributed by atoms with Crippen molar-refractivity contribution in [3.05, 3.63) is 58.5 Å². The molecule has 3 aromatic rings. The lowest BCUT2D eigenvalue weighted by molar-refractivity contribution is 0.117. The van der Waals surface area contributed by atoms with Gasteiger partial charge in [0.05, 0.1) is 25.9 Å². The number of aromatic nitrogens is 4. The topological polar surface area (TPSA) is 103 Å². The monoisotopic (exact) mass is 476 g/mol. The molecular formula is C23H21ClN8O2. The number of carbonyl (C=O) groups is 1.